The molecule has 0 saturated heterocycles. The van der Waals surface area contributed by atoms with Crippen molar-refractivity contribution in [1.29, 1.82) is 0 Å². The Morgan fingerprint density at radius 2 is 0.806 bits per heavy atom. The maximum Gasteiger partial charge on any atom is 1.00 e. The van der Waals surface area contributed by atoms with Gasteiger partial charge in [-0.05, 0) is 0 Å². The Labute approximate surface area is 284 Å². The van der Waals surface area contributed by atoms with Gasteiger partial charge in [-0.2, -0.15) is 32.9 Å². The molecular formula is C24H46K2Si5. The van der Waals surface area contributed by atoms with E-state index in [1.54, 1.807) is 31.1 Å². The second-order valence-corrected chi connectivity index (χ2v) is 38.3. The van der Waals surface area contributed by atoms with Gasteiger partial charge in [-0.15, -0.1) is 0 Å². The van der Waals surface area contributed by atoms with E-state index in [1.807, 2.05) is 0 Å². The summed E-state index contributed by atoms with van der Waals surface area (Å²) in [6.45, 7) is 35.6. The van der Waals surface area contributed by atoms with Crippen molar-refractivity contribution in [3.8, 4) is 0 Å². The van der Waals surface area contributed by atoms with Gasteiger partial charge in [0.05, 0.1) is 24.2 Å². The summed E-state index contributed by atoms with van der Waals surface area (Å²) in [5.41, 5.74) is 0. The van der Waals surface area contributed by atoms with Crippen LogP contribution in [-0.2, 0) is 0 Å². The first-order valence-corrected chi connectivity index (χ1v) is 28.3. The Morgan fingerprint density at radius 3 is 1.13 bits per heavy atom. The fraction of sp³-hybridized carbons (Fsp3) is 0.583. The van der Waals surface area contributed by atoms with Crippen LogP contribution in [0.4, 0.5) is 0 Å². The molecule has 0 saturated carbocycles. The van der Waals surface area contributed by atoms with E-state index in [0.29, 0.717) is 0 Å². The van der Waals surface area contributed by atoms with Gasteiger partial charge < -0.3 is 0 Å². The molecule has 164 valence electrons. The molecule has 0 amide bonds. The third-order valence-electron chi connectivity index (χ3n) is 6.46. The normalized spacial score (nSPS) is 13.6. The summed E-state index contributed by atoms with van der Waals surface area (Å²) in [5, 5.41) is 10.4. The SMILES string of the molecule is C[Si](C)(C)c1cc([Si](C)(C)c2cc([Si](C)(C)C)c([Si](C)(C)C)[cH-]2)c([Si](C)(C)C)[cH-]1.[K+].[K+]. The van der Waals surface area contributed by atoms with Crippen molar-refractivity contribution in [2.75, 3.05) is 0 Å². The van der Waals surface area contributed by atoms with E-state index >= 15 is 0 Å². The molecule has 0 atom stereocenters. The Hall–Kier alpha value is 3.06. The second-order valence-electron chi connectivity index (χ2n) is 13.8. The van der Waals surface area contributed by atoms with Gasteiger partial charge in [0, 0.05) is 16.1 Å². The van der Waals surface area contributed by atoms with Crippen LogP contribution in [0, 0.1) is 0 Å². The summed E-state index contributed by atoms with van der Waals surface area (Å²) < 4.78 is 0. The molecule has 0 radical (unpaired) electrons. The molecule has 0 spiro atoms. The monoisotopic (exact) mass is 552 g/mol. The van der Waals surface area contributed by atoms with Crippen molar-refractivity contribution in [3.05, 3.63) is 24.3 Å². The molecule has 0 unspecified atom stereocenters. The standard InChI is InChI=1S/C24H46Si5.2K/c1-25(2,3)19-15-23(28(10,11)12)24(16-19)29(13,14)20-17-21(26(4,5)6)22(18-20)27(7,8)9;;/h15-18H,1-14H3;;/q-2;2*+1. The molecule has 2 aromatic carbocycles. The molecule has 0 N–H and O–H groups in total. The Kier molecular flexibility index (Phi) is 12.3. The Balaban J connectivity index is 0.00000450. The minimum absolute atomic E-state index is 0. The second kappa shape index (κ2) is 11.2. The van der Waals surface area contributed by atoms with Gasteiger partial charge in [-0.3, -0.25) is 0 Å². The topological polar surface area (TPSA) is 0 Å². The molecule has 31 heavy (non-hydrogen) atoms. The van der Waals surface area contributed by atoms with Crippen molar-refractivity contribution in [2.24, 2.45) is 0 Å². The van der Waals surface area contributed by atoms with Crippen LogP contribution in [0.1, 0.15) is 0 Å². The predicted octanol–water partition coefficient (Wildman–Crippen LogP) is -1.86. The van der Waals surface area contributed by atoms with Crippen LogP contribution in [0.2, 0.25) is 91.7 Å². The van der Waals surface area contributed by atoms with Gasteiger partial charge in [-0.25, -0.2) is 22.5 Å². The van der Waals surface area contributed by atoms with Crippen LogP contribution >= 0.6 is 0 Å². The minimum atomic E-state index is -1.73. The first-order valence-electron chi connectivity index (χ1n) is 11.3. The molecule has 2 aromatic rings. The van der Waals surface area contributed by atoms with Crippen molar-refractivity contribution < 1.29 is 103 Å². The predicted molar refractivity (Wildman–Crippen MR) is 153 cm³/mol. The fourth-order valence-electron chi connectivity index (χ4n) is 4.34. The molecule has 0 aliphatic heterocycles. The van der Waals surface area contributed by atoms with Gasteiger partial charge in [0.25, 0.3) is 0 Å². The van der Waals surface area contributed by atoms with E-state index < -0.39 is 40.4 Å². The summed E-state index contributed by atoms with van der Waals surface area (Å²) in [4.78, 5) is 0. The van der Waals surface area contributed by atoms with E-state index in [-0.39, 0.29) is 103 Å². The first-order chi connectivity index (χ1) is 12.7. The third-order valence-corrected chi connectivity index (χ3v) is 18.6. The molecule has 2 rings (SSSR count). The minimum Gasteiger partial charge on any atom is -0.214 e. The van der Waals surface area contributed by atoms with Crippen molar-refractivity contribution in [2.45, 2.75) is 91.7 Å². The molecule has 0 aromatic heterocycles. The van der Waals surface area contributed by atoms with E-state index in [4.69, 9.17) is 0 Å². The van der Waals surface area contributed by atoms with Gasteiger partial charge >= 0.3 is 103 Å². The van der Waals surface area contributed by atoms with Gasteiger partial charge in [-0.1, -0.05) is 91.7 Å². The van der Waals surface area contributed by atoms with E-state index in [2.05, 4.69) is 116 Å². The quantitative estimate of drug-likeness (QED) is 0.291. The summed E-state index contributed by atoms with van der Waals surface area (Å²) in [7, 11) is -7.13. The van der Waals surface area contributed by atoms with Gasteiger partial charge in [0.2, 0.25) is 0 Å². The zero-order chi connectivity index (χ0) is 22.8. The largest absolute Gasteiger partial charge is 1.00 e. The van der Waals surface area contributed by atoms with E-state index in [0.717, 1.165) is 0 Å². The van der Waals surface area contributed by atoms with Crippen LogP contribution in [0.5, 0.6) is 0 Å². The van der Waals surface area contributed by atoms with E-state index in [1.165, 1.54) is 0 Å². The summed E-state index contributed by atoms with van der Waals surface area (Å²) in [5.74, 6) is 0. The molecule has 0 fully saturated rings. The van der Waals surface area contributed by atoms with Gasteiger partial charge in [0.15, 0.2) is 0 Å². The first kappa shape index (κ1) is 34.1. The molecular weight excluding hydrogens is 507 g/mol. The summed E-state index contributed by atoms with van der Waals surface area (Å²) in [6.07, 6.45) is 0. The Bertz CT molecular complexity index is 848. The van der Waals surface area contributed by atoms with Gasteiger partial charge in [0.1, 0.15) is 0 Å². The third kappa shape index (κ3) is 8.02. The summed E-state index contributed by atoms with van der Waals surface area (Å²) >= 11 is 0. The summed E-state index contributed by atoms with van der Waals surface area (Å²) in [6, 6.07) is 10.7. The van der Waals surface area contributed by atoms with Crippen LogP contribution in [0.25, 0.3) is 0 Å². The van der Waals surface area contributed by atoms with Crippen molar-refractivity contribution >= 4 is 71.5 Å². The van der Waals surface area contributed by atoms with Crippen LogP contribution in [0.15, 0.2) is 24.3 Å². The molecule has 7 heteroatoms. The zero-order valence-electron chi connectivity index (χ0n) is 23.8. The molecule has 0 nitrogen and oxygen atoms in total. The average Bonchev–Trinajstić information content (AvgIpc) is 3.10. The van der Waals surface area contributed by atoms with Crippen LogP contribution < -0.4 is 134 Å². The van der Waals surface area contributed by atoms with Crippen molar-refractivity contribution in [1.82, 2.24) is 0 Å². The zero-order valence-corrected chi connectivity index (χ0v) is 35.1. The van der Waals surface area contributed by atoms with Crippen molar-refractivity contribution in [3.63, 3.8) is 0 Å². The molecule has 0 aliphatic rings. The molecule has 0 bridgehead atoms. The number of rotatable bonds is 6. The van der Waals surface area contributed by atoms with Crippen LogP contribution in [-0.4, -0.2) is 40.4 Å². The fourth-order valence-corrected chi connectivity index (χ4v) is 17.4. The number of hydrogen-bond acceptors (Lipinski definition) is 0. The number of hydrogen-bond donors (Lipinski definition) is 0. The van der Waals surface area contributed by atoms with E-state index in [9.17, 15) is 0 Å². The average molecular weight is 553 g/mol. The molecule has 0 heterocycles. The smallest absolute Gasteiger partial charge is 0.214 e. The maximum atomic E-state index is 2.68. The maximum absolute atomic E-state index is 2.68. The molecule has 0 aliphatic carbocycles. The van der Waals surface area contributed by atoms with Crippen LogP contribution in [0.3, 0.4) is 0 Å². The Morgan fingerprint density at radius 1 is 0.452 bits per heavy atom.